The highest BCUT2D eigenvalue weighted by atomic mass is 32.1. The molecule has 2 N–H and O–H groups in total. The number of anilines is 1. The first-order chi connectivity index (χ1) is 9.78. The van der Waals surface area contributed by atoms with Crippen LogP contribution in [-0.4, -0.2) is 23.2 Å². The van der Waals surface area contributed by atoms with Gasteiger partial charge in [-0.2, -0.15) is 0 Å². The van der Waals surface area contributed by atoms with E-state index in [0.29, 0.717) is 17.6 Å². The minimum absolute atomic E-state index is 0.221. The number of thiophene rings is 1. The molecule has 20 heavy (non-hydrogen) atoms. The van der Waals surface area contributed by atoms with E-state index in [4.69, 9.17) is 0 Å². The standard InChI is InChI=1S/C14H16N4OS/c1-15-14(19)11-5-6-13(18-17-11)16-10-3-2-4-12-9(10)7-8-20-12/h5-8,10H,2-4H2,1H3,(H,15,19)(H,16,18). The first-order valence-electron chi connectivity index (χ1n) is 6.66. The number of rotatable bonds is 3. The summed E-state index contributed by atoms with van der Waals surface area (Å²) < 4.78 is 0. The highest BCUT2D eigenvalue weighted by molar-refractivity contribution is 7.10. The van der Waals surface area contributed by atoms with Crippen molar-refractivity contribution in [3.8, 4) is 0 Å². The summed E-state index contributed by atoms with van der Waals surface area (Å²) in [6.07, 6.45) is 3.46. The number of nitrogens with zero attached hydrogens (tertiary/aromatic N) is 2. The Bertz CT molecular complexity index is 608. The molecule has 0 saturated carbocycles. The van der Waals surface area contributed by atoms with Gasteiger partial charge in [0.05, 0.1) is 6.04 Å². The molecule has 0 aliphatic heterocycles. The average Bonchev–Trinajstić information content (AvgIpc) is 2.97. The van der Waals surface area contributed by atoms with Gasteiger partial charge in [0.2, 0.25) is 0 Å². The Kier molecular flexibility index (Phi) is 3.64. The fourth-order valence-corrected chi connectivity index (χ4v) is 3.46. The normalized spacial score (nSPS) is 17.4. The number of amides is 1. The molecule has 1 atom stereocenters. The minimum atomic E-state index is -0.221. The molecule has 0 saturated heterocycles. The summed E-state index contributed by atoms with van der Waals surface area (Å²) in [4.78, 5) is 12.9. The Hall–Kier alpha value is -1.95. The number of aromatic nitrogens is 2. The van der Waals surface area contributed by atoms with E-state index in [2.05, 4.69) is 32.3 Å². The van der Waals surface area contributed by atoms with Crippen LogP contribution >= 0.6 is 11.3 Å². The molecule has 1 unspecified atom stereocenters. The molecule has 2 aromatic rings. The molecule has 1 aliphatic rings. The van der Waals surface area contributed by atoms with Gasteiger partial charge in [-0.05, 0) is 48.4 Å². The van der Waals surface area contributed by atoms with Gasteiger partial charge >= 0.3 is 0 Å². The fraction of sp³-hybridized carbons (Fsp3) is 0.357. The highest BCUT2D eigenvalue weighted by Gasteiger charge is 2.21. The zero-order valence-electron chi connectivity index (χ0n) is 11.2. The van der Waals surface area contributed by atoms with E-state index in [0.717, 1.165) is 6.42 Å². The van der Waals surface area contributed by atoms with Crippen LogP contribution in [0.5, 0.6) is 0 Å². The van der Waals surface area contributed by atoms with Gasteiger partial charge in [-0.25, -0.2) is 0 Å². The molecule has 6 heteroatoms. The molecule has 0 bridgehead atoms. The van der Waals surface area contributed by atoms with Crippen LogP contribution in [0.4, 0.5) is 5.82 Å². The zero-order valence-corrected chi connectivity index (χ0v) is 12.0. The van der Waals surface area contributed by atoms with Gasteiger partial charge < -0.3 is 10.6 Å². The van der Waals surface area contributed by atoms with Crippen molar-refractivity contribution in [2.45, 2.75) is 25.3 Å². The summed E-state index contributed by atoms with van der Waals surface area (Å²) in [6.45, 7) is 0. The molecule has 0 fully saturated rings. The third kappa shape index (κ3) is 2.51. The SMILES string of the molecule is CNC(=O)c1ccc(NC2CCCc3sccc32)nn1. The maximum atomic E-state index is 11.4. The molecule has 1 amide bonds. The van der Waals surface area contributed by atoms with Crippen molar-refractivity contribution in [3.63, 3.8) is 0 Å². The lowest BCUT2D eigenvalue weighted by Gasteiger charge is -2.23. The van der Waals surface area contributed by atoms with Gasteiger partial charge in [0.1, 0.15) is 5.82 Å². The summed E-state index contributed by atoms with van der Waals surface area (Å²) >= 11 is 1.82. The molecule has 2 aromatic heterocycles. The lowest BCUT2D eigenvalue weighted by Crippen LogP contribution is -2.20. The molecule has 104 valence electrons. The molecule has 0 aromatic carbocycles. The fourth-order valence-electron chi connectivity index (χ4n) is 2.47. The molecule has 5 nitrogen and oxygen atoms in total. The van der Waals surface area contributed by atoms with E-state index < -0.39 is 0 Å². The Morgan fingerprint density at radius 2 is 2.25 bits per heavy atom. The first kappa shape index (κ1) is 13.1. The lowest BCUT2D eigenvalue weighted by molar-refractivity contribution is 0.0957. The van der Waals surface area contributed by atoms with Crippen LogP contribution in [-0.2, 0) is 6.42 Å². The maximum Gasteiger partial charge on any atom is 0.271 e. The summed E-state index contributed by atoms with van der Waals surface area (Å²) in [5, 5.41) is 16.1. The molecular weight excluding hydrogens is 272 g/mol. The molecule has 1 aliphatic carbocycles. The van der Waals surface area contributed by atoms with Crippen molar-refractivity contribution in [2.24, 2.45) is 0 Å². The first-order valence-corrected chi connectivity index (χ1v) is 7.54. The zero-order chi connectivity index (χ0) is 13.9. The third-order valence-corrected chi connectivity index (χ3v) is 4.49. The van der Waals surface area contributed by atoms with Crippen LogP contribution in [0.15, 0.2) is 23.6 Å². The van der Waals surface area contributed by atoms with Gasteiger partial charge in [0.15, 0.2) is 5.69 Å². The number of aryl methyl sites for hydroxylation is 1. The van der Waals surface area contributed by atoms with Crippen LogP contribution in [0.1, 0.15) is 39.8 Å². The third-order valence-electron chi connectivity index (χ3n) is 3.50. The predicted octanol–water partition coefficient (Wildman–Crippen LogP) is 2.39. The molecule has 2 heterocycles. The molecule has 3 rings (SSSR count). The highest BCUT2D eigenvalue weighted by Crippen LogP contribution is 2.34. The van der Waals surface area contributed by atoms with Crippen LogP contribution in [0.25, 0.3) is 0 Å². The average molecular weight is 288 g/mol. The molecular formula is C14H16N4OS. The Morgan fingerprint density at radius 1 is 1.35 bits per heavy atom. The van der Waals surface area contributed by atoms with Crippen molar-refractivity contribution < 1.29 is 4.79 Å². The van der Waals surface area contributed by atoms with Crippen molar-refractivity contribution in [2.75, 3.05) is 12.4 Å². The molecule has 0 spiro atoms. The van der Waals surface area contributed by atoms with Gasteiger partial charge in [-0.3, -0.25) is 4.79 Å². The topological polar surface area (TPSA) is 66.9 Å². The monoisotopic (exact) mass is 288 g/mol. The van der Waals surface area contributed by atoms with Gasteiger partial charge in [0.25, 0.3) is 5.91 Å². The van der Waals surface area contributed by atoms with Gasteiger partial charge in [-0.15, -0.1) is 21.5 Å². The second-order valence-electron chi connectivity index (χ2n) is 4.77. The van der Waals surface area contributed by atoms with E-state index in [-0.39, 0.29) is 5.91 Å². The Balaban J connectivity index is 1.75. The van der Waals surface area contributed by atoms with Crippen LogP contribution < -0.4 is 10.6 Å². The largest absolute Gasteiger partial charge is 0.362 e. The van der Waals surface area contributed by atoms with E-state index >= 15 is 0 Å². The van der Waals surface area contributed by atoms with E-state index in [1.165, 1.54) is 23.3 Å². The summed E-state index contributed by atoms with van der Waals surface area (Å²) in [7, 11) is 1.58. The van der Waals surface area contributed by atoms with E-state index in [1.807, 2.05) is 11.3 Å². The minimum Gasteiger partial charge on any atom is -0.362 e. The van der Waals surface area contributed by atoms with Crippen LogP contribution in [0.3, 0.4) is 0 Å². The molecule has 0 radical (unpaired) electrons. The summed E-state index contributed by atoms with van der Waals surface area (Å²) in [5.41, 5.74) is 1.70. The van der Waals surface area contributed by atoms with E-state index in [1.54, 1.807) is 19.2 Å². The Labute approximate surface area is 121 Å². The van der Waals surface area contributed by atoms with Crippen LogP contribution in [0.2, 0.25) is 0 Å². The van der Waals surface area contributed by atoms with Gasteiger partial charge in [0, 0.05) is 11.9 Å². The number of hydrogen-bond donors (Lipinski definition) is 2. The van der Waals surface area contributed by atoms with Gasteiger partial charge in [-0.1, -0.05) is 0 Å². The second-order valence-corrected chi connectivity index (χ2v) is 5.77. The Morgan fingerprint density at radius 3 is 3.00 bits per heavy atom. The number of nitrogens with one attached hydrogen (secondary N) is 2. The number of carbonyl (C=O) groups is 1. The summed E-state index contributed by atoms with van der Waals surface area (Å²) in [6, 6.07) is 5.97. The quantitative estimate of drug-likeness (QED) is 0.910. The van der Waals surface area contributed by atoms with Crippen molar-refractivity contribution in [3.05, 3.63) is 39.7 Å². The number of hydrogen-bond acceptors (Lipinski definition) is 5. The lowest BCUT2D eigenvalue weighted by atomic mass is 9.94. The number of carbonyl (C=O) groups excluding carboxylic acids is 1. The number of fused-ring (bicyclic) bond motifs is 1. The van der Waals surface area contributed by atoms with E-state index in [9.17, 15) is 4.79 Å². The van der Waals surface area contributed by atoms with Crippen molar-refractivity contribution >= 4 is 23.1 Å². The van der Waals surface area contributed by atoms with Crippen molar-refractivity contribution in [1.82, 2.24) is 15.5 Å². The van der Waals surface area contributed by atoms with Crippen molar-refractivity contribution in [1.29, 1.82) is 0 Å². The van der Waals surface area contributed by atoms with Crippen LogP contribution in [0, 0.1) is 0 Å². The predicted molar refractivity (Wildman–Crippen MR) is 79.0 cm³/mol. The second kappa shape index (κ2) is 5.58. The summed E-state index contributed by atoms with van der Waals surface area (Å²) in [5.74, 6) is 0.489. The maximum absolute atomic E-state index is 11.4. The smallest absolute Gasteiger partial charge is 0.271 e.